The smallest absolute Gasteiger partial charge is 0.225 e. The van der Waals surface area contributed by atoms with E-state index in [0.29, 0.717) is 26.2 Å². The number of likely N-dealkylation sites (N-methyl/N-ethyl adjacent to an activating group) is 1. The highest BCUT2D eigenvalue weighted by molar-refractivity contribution is 5.85. The van der Waals surface area contributed by atoms with Crippen LogP contribution in [-0.2, 0) is 9.53 Å². The average Bonchev–Trinajstić information content (AvgIpc) is 2.57. The van der Waals surface area contributed by atoms with E-state index < -0.39 is 0 Å². The number of amides is 1. The summed E-state index contributed by atoms with van der Waals surface area (Å²) in [6.07, 6.45) is -0.131. The number of carbonyl (C=O) groups excluding carboxylic acids is 1. The third-order valence-corrected chi connectivity index (χ3v) is 3.72. The molecule has 0 aromatic heterocycles. The van der Waals surface area contributed by atoms with Crippen molar-refractivity contribution in [3.8, 4) is 11.5 Å². The van der Waals surface area contributed by atoms with Crippen LogP contribution in [0.5, 0.6) is 11.5 Å². The van der Waals surface area contributed by atoms with E-state index in [0.717, 1.165) is 11.5 Å². The molecule has 1 aromatic rings. The standard InChI is InChI=1S/C16H24N2O4.ClH/c1-3-18(16(19)8-12(9-17)20-2)10-13-11-21-14-6-4-5-7-15(14)22-13;/h4-7,12-13H,3,8-11,17H2,1-2H3;1H. The first kappa shape index (κ1) is 19.5. The van der Waals surface area contributed by atoms with Gasteiger partial charge in [0, 0.05) is 20.2 Å². The summed E-state index contributed by atoms with van der Waals surface area (Å²) >= 11 is 0. The number of nitrogens with zero attached hydrogens (tertiary/aromatic N) is 1. The highest BCUT2D eigenvalue weighted by Gasteiger charge is 2.25. The first-order chi connectivity index (χ1) is 10.7. The van der Waals surface area contributed by atoms with E-state index in [-0.39, 0.29) is 36.9 Å². The van der Waals surface area contributed by atoms with Crippen molar-refractivity contribution in [1.29, 1.82) is 0 Å². The van der Waals surface area contributed by atoms with Crippen LogP contribution in [0, 0.1) is 0 Å². The van der Waals surface area contributed by atoms with E-state index >= 15 is 0 Å². The molecule has 1 heterocycles. The molecule has 130 valence electrons. The van der Waals surface area contributed by atoms with Gasteiger partial charge < -0.3 is 24.8 Å². The molecule has 1 aliphatic heterocycles. The lowest BCUT2D eigenvalue weighted by Crippen LogP contribution is -2.44. The second-order valence-corrected chi connectivity index (χ2v) is 5.23. The van der Waals surface area contributed by atoms with Crippen molar-refractivity contribution in [2.45, 2.75) is 25.6 Å². The number of hydrogen-bond acceptors (Lipinski definition) is 5. The summed E-state index contributed by atoms with van der Waals surface area (Å²) < 4.78 is 16.7. The Balaban J connectivity index is 0.00000264. The topological polar surface area (TPSA) is 74.0 Å². The van der Waals surface area contributed by atoms with Gasteiger partial charge in [-0.1, -0.05) is 12.1 Å². The Kier molecular flexibility index (Phi) is 8.16. The highest BCUT2D eigenvalue weighted by Crippen LogP contribution is 2.31. The Morgan fingerprint density at radius 3 is 2.74 bits per heavy atom. The molecule has 1 aromatic carbocycles. The Morgan fingerprint density at radius 2 is 2.13 bits per heavy atom. The number of fused-ring (bicyclic) bond motifs is 1. The van der Waals surface area contributed by atoms with Gasteiger partial charge in [0.15, 0.2) is 17.6 Å². The monoisotopic (exact) mass is 344 g/mol. The van der Waals surface area contributed by atoms with Gasteiger partial charge in [0.05, 0.1) is 19.1 Å². The van der Waals surface area contributed by atoms with Gasteiger partial charge in [-0.05, 0) is 19.1 Å². The molecule has 2 N–H and O–H groups in total. The van der Waals surface area contributed by atoms with Crippen molar-refractivity contribution in [2.75, 3.05) is 33.4 Å². The third-order valence-electron chi connectivity index (χ3n) is 3.72. The van der Waals surface area contributed by atoms with Crippen LogP contribution in [0.3, 0.4) is 0 Å². The summed E-state index contributed by atoms with van der Waals surface area (Å²) in [5.74, 6) is 1.48. The van der Waals surface area contributed by atoms with E-state index in [9.17, 15) is 4.79 Å². The van der Waals surface area contributed by atoms with Crippen molar-refractivity contribution in [2.24, 2.45) is 5.73 Å². The summed E-state index contributed by atoms with van der Waals surface area (Å²) in [4.78, 5) is 14.1. The summed E-state index contributed by atoms with van der Waals surface area (Å²) in [5, 5.41) is 0. The van der Waals surface area contributed by atoms with Gasteiger partial charge in [0.2, 0.25) is 5.91 Å². The SMILES string of the molecule is CCN(CC1COc2ccccc2O1)C(=O)CC(CN)OC.Cl. The molecule has 6 nitrogen and oxygen atoms in total. The Hall–Kier alpha value is -1.50. The lowest BCUT2D eigenvalue weighted by atomic mass is 10.2. The molecule has 2 atom stereocenters. The van der Waals surface area contributed by atoms with Gasteiger partial charge in [0.25, 0.3) is 0 Å². The zero-order valence-electron chi connectivity index (χ0n) is 13.6. The van der Waals surface area contributed by atoms with Crippen LogP contribution in [0.4, 0.5) is 0 Å². The lowest BCUT2D eigenvalue weighted by molar-refractivity contribution is -0.135. The minimum absolute atomic E-state index is 0. The van der Waals surface area contributed by atoms with Crippen LogP contribution in [0.15, 0.2) is 24.3 Å². The predicted molar refractivity (Wildman–Crippen MR) is 90.3 cm³/mol. The molecule has 0 radical (unpaired) electrons. The van der Waals surface area contributed by atoms with E-state index in [2.05, 4.69) is 0 Å². The van der Waals surface area contributed by atoms with E-state index in [4.69, 9.17) is 19.9 Å². The van der Waals surface area contributed by atoms with Crippen LogP contribution < -0.4 is 15.2 Å². The number of ether oxygens (including phenoxy) is 3. The Morgan fingerprint density at radius 1 is 1.43 bits per heavy atom. The van der Waals surface area contributed by atoms with Gasteiger partial charge in [-0.15, -0.1) is 12.4 Å². The fourth-order valence-corrected chi connectivity index (χ4v) is 2.39. The minimum Gasteiger partial charge on any atom is -0.486 e. The first-order valence-electron chi connectivity index (χ1n) is 7.57. The van der Waals surface area contributed by atoms with Gasteiger partial charge in [-0.25, -0.2) is 0 Å². The number of hydrogen-bond donors (Lipinski definition) is 1. The van der Waals surface area contributed by atoms with Crippen molar-refractivity contribution < 1.29 is 19.0 Å². The quantitative estimate of drug-likeness (QED) is 0.810. The van der Waals surface area contributed by atoms with Crippen molar-refractivity contribution in [1.82, 2.24) is 4.90 Å². The number of benzene rings is 1. The van der Waals surface area contributed by atoms with E-state index in [1.165, 1.54) is 0 Å². The van der Waals surface area contributed by atoms with Crippen LogP contribution in [-0.4, -0.2) is 56.4 Å². The maximum absolute atomic E-state index is 12.3. The number of carbonyl (C=O) groups is 1. The molecule has 1 aliphatic rings. The summed E-state index contributed by atoms with van der Waals surface area (Å²) in [7, 11) is 1.57. The number of para-hydroxylation sites is 2. The van der Waals surface area contributed by atoms with Crippen molar-refractivity contribution in [3.05, 3.63) is 24.3 Å². The van der Waals surface area contributed by atoms with Gasteiger partial charge in [-0.3, -0.25) is 4.79 Å². The maximum atomic E-state index is 12.3. The zero-order chi connectivity index (χ0) is 15.9. The van der Waals surface area contributed by atoms with Crippen LogP contribution >= 0.6 is 12.4 Å². The fourth-order valence-electron chi connectivity index (χ4n) is 2.39. The van der Waals surface area contributed by atoms with E-state index in [1.54, 1.807) is 12.0 Å². The Labute approximate surface area is 143 Å². The molecule has 0 spiro atoms. The maximum Gasteiger partial charge on any atom is 0.225 e. The minimum atomic E-state index is -0.245. The molecule has 0 fully saturated rings. The second kappa shape index (κ2) is 9.60. The molecule has 0 bridgehead atoms. The summed E-state index contributed by atoms with van der Waals surface area (Å²) in [5.41, 5.74) is 5.57. The lowest BCUT2D eigenvalue weighted by Gasteiger charge is -2.31. The molecule has 1 amide bonds. The average molecular weight is 345 g/mol. The summed E-state index contributed by atoms with van der Waals surface area (Å²) in [6, 6.07) is 7.55. The van der Waals surface area contributed by atoms with Crippen LogP contribution in [0.2, 0.25) is 0 Å². The highest BCUT2D eigenvalue weighted by atomic mass is 35.5. The van der Waals surface area contributed by atoms with Gasteiger partial charge >= 0.3 is 0 Å². The molecular formula is C16H25ClN2O4. The molecule has 0 saturated heterocycles. The zero-order valence-corrected chi connectivity index (χ0v) is 14.4. The van der Waals surface area contributed by atoms with Crippen molar-refractivity contribution >= 4 is 18.3 Å². The largest absolute Gasteiger partial charge is 0.486 e. The third kappa shape index (κ3) is 5.27. The normalized spacial score (nSPS) is 17.1. The molecule has 7 heteroatoms. The summed E-state index contributed by atoms with van der Waals surface area (Å²) in [6.45, 7) is 3.81. The predicted octanol–water partition coefficient (Wildman–Crippen LogP) is 1.46. The van der Waals surface area contributed by atoms with Crippen molar-refractivity contribution in [3.63, 3.8) is 0 Å². The van der Waals surface area contributed by atoms with Crippen LogP contribution in [0.1, 0.15) is 13.3 Å². The van der Waals surface area contributed by atoms with Gasteiger partial charge in [-0.2, -0.15) is 0 Å². The van der Waals surface area contributed by atoms with E-state index in [1.807, 2.05) is 31.2 Å². The fraction of sp³-hybridized carbons (Fsp3) is 0.562. The molecule has 0 saturated carbocycles. The number of nitrogens with two attached hydrogens (primary N) is 1. The molecule has 23 heavy (non-hydrogen) atoms. The molecule has 2 unspecified atom stereocenters. The second-order valence-electron chi connectivity index (χ2n) is 5.23. The number of halogens is 1. The number of methoxy groups -OCH3 is 1. The van der Waals surface area contributed by atoms with Crippen LogP contribution in [0.25, 0.3) is 0 Å². The van der Waals surface area contributed by atoms with Gasteiger partial charge in [0.1, 0.15) is 6.61 Å². The number of rotatable bonds is 7. The molecular weight excluding hydrogens is 320 g/mol. The first-order valence-corrected chi connectivity index (χ1v) is 7.57. The molecule has 0 aliphatic carbocycles. The molecule has 2 rings (SSSR count). The Bertz CT molecular complexity index is 497.